The van der Waals surface area contributed by atoms with Crippen molar-refractivity contribution in [3.63, 3.8) is 0 Å². The molecular formula is C15H26N2OS. The van der Waals surface area contributed by atoms with E-state index in [2.05, 4.69) is 25.8 Å². The van der Waals surface area contributed by atoms with Crippen molar-refractivity contribution in [3.8, 4) is 0 Å². The van der Waals surface area contributed by atoms with E-state index in [1.54, 1.807) is 11.3 Å². The number of nitrogens with zero attached hydrogens (tertiary/aromatic N) is 1. The predicted octanol–water partition coefficient (Wildman–Crippen LogP) is 3.35. The number of ketones is 1. The highest BCUT2D eigenvalue weighted by Crippen LogP contribution is 2.32. The quantitative estimate of drug-likeness (QED) is 0.834. The van der Waals surface area contributed by atoms with Gasteiger partial charge in [0.15, 0.2) is 0 Å². The maximum absolute atomic E-state index is 12.0. The molecule has 1 heterocycles. The molecule has 2 N–H and O–H groups in total. The van der Waals surface area contributed by atoms with Crippen LogP contribution in [0.2, 0.25) is 0 Å². The third-order valence-corrected chi connectivity index (χ3v) is 4.38. The van der Waals surface area contributed by atoms with E-state index < -0.39 is 0 Å². The van der Waals surface area contributed by atoms with Crippen LogP contribution in [0.3, 0.4) is 0 Å². The Labute approximate surface area is 120 Å². The van der Waals surface area contributed by atoms with Gasteiger partial charge in [-0.15, -0.1) is 11.3 Å². The third-order valence-electron chi connectivity index (χ3n) is 3.56. The van der Waals surface area contributed by atoms with Gasteiger partial charge in [0, 0.05) is 18.2 Å². The Morgan fingerprint density at radius 3 is 2.58 bits per heavy atom. The van der Waals surface area contributed by atoms with Gasteiger partial charge in [0.05, 0.1) is 10.7 Å². The summed E-state index contributed by atoms with van der Waals surface area (Å²) < 4.78 is 0. The third kappa shape index (κ3) is 5.83. The first-order chi connectivity index (χ1) is 8.82. The Kier molecular flexibility index (Phi) is 6.14. The van der Waals surface area contributed by atoms with Crippen LogP contribution in [0.5, 0.6) is 0 Å². The lowest BCUT2D eigenvalue weighted by Crippen LogP contribution is -2.24. The average molecular weight is 282 g/mol. The van der Waals surface area contributed by atoms with Crippen LogP contribution in [0, 0.1) is 18.3 Å². The van der Waals surface area contributed by atoms with Crippen LogP contribution in [0.4, 0.5) is 0 Å². The van der Waals surface area contributed by atoms with Crippen LogP contribution in [0.1, 0.15) is 50.7 Å². The van der Waals surface area contributed by atoms with Crippen molar-refractivity contribution >= 4 is 17.1 Å². The smallest absolute Gasteiger partial charge is 0.138 e. The topological polar surface area (TPSA) is 56.0 Å². The SMILES string of the molecule is Cc1nc(CC(=O)CCC(CCN)C(C)(C)C)cs1. The molecule has 0 fully saturated rings. The summed E-state index contributed by atoms with van der Waals surface area (Å²) in [5.74, 6) is 0.801. The number of hydrogen-bond donors (Lipinski definition) is 1. The molecule has 108 valence electrons. The van der Waals surface area contributed by atoms with E-state index in [-0.39, 0.29) is 11.2 Å². The van der Waals surface area contributed by atoms with Crippen LogP contribution in [-0.4, -0.2) is 17.3 Å². The molecule has 0 spiro atoms. The Hall–Kier alpha value is -0.740. The first-order valence-electron chi connectivity index (χ1n) is 6.95. The number of carbonyl (C=O) groups excluding carboxylic acids is 1. The lowest BCUT2D eigenvalue weighted by Gasteiger charge is -2.30. The minimum atomic E-state index is 0.219. The molecule has 1 rings (SSSR count). The molecule has 0 aliphatic rings. The standard InChI is InChI=1S/C15H26N2OS/c1-11-17-13(10-19-11)9-14(18)6-5-12(7-8-16)15(2,3)4/h10,12H,5-9,16H2,1-4H3. The maximum atomic E-state index is 12.0. The summed E-state index contributed by atoms with van der Waals surface area (Å²) in [7, 11) is 0. The van der Waals surface area contributed by atoms with Crippen LogP contribution >= 0.6 is 11.3 Å². The molecule has 1 aromatic heterocycles. The molecule has 1 aromatic rings. The zero-order valence-corrected chi connectivity index (χ0v) is 13.3. The first-order valence-corrected chi connectivity index (χ1v) is 7.83. The number of aryl methyl sites for hydroxylation is 1. The number of nitrogens with two attached hydrogens (primary N) is 1. The fourth-order valence-corrected chi connectivity index (χ4v) is 2.94. The molecule has 1 unspecified atom stereocenters. The Balaban J connectivity index is 2.43. The highest BCUT2D eigenvalue weighted by atomic mass is 32.1. The van der Waals surface area contributed by atoms with E-state index in [4.69, 9.17) is 5.73 Å². The minimum absolute atomic E-state index is 0.219. The van der Waals surface area contributed by atoms with Crippen molar-refractivity contribution < 1.29 is 4.79 Å². The predicted molar refractivity (Wildman–Crippen MR) is 81.4 cm³/mol. The van der Waals surface area contributed by atoms with Crippen LogP contribution in [-0.2, 0) is 11.2 Å². The second-order valence-electron chi connectivity index (χ2n) is 6.25. The number of hydrogen-bond acceptors (Lipinski definition) is 4. The molecular weight excluding hydrogens is 256 g/mol. The Morgan fingerprint density at radius 1 is 1.42 bits per heavy atom. The zero-order valence-electron chi connectivity index (χ0n) is 12.5. The van der Waals surface area contributed by atoms with Gasteiger partial charge in [-0.3, -0.25) is 4.79 Å². The molecule has 19 heavy (non-hydrogen) atoms. The Morgan fingerprint density at radius 2 is 2.11 bits per heavy atom. The largest absolute Gasteiger partial charge is 0.330 e. The fourth-order valence-electron chi connectivity index (χ4n) is 2.33. The van der Waals surface area contributed by atoms with Gasteiger partial charge in [-0.1, -0.05) is 20.8 Å². The monoisotopic (exact) mass is 282 g/mol. The van der Waals surface area contributed by atoms with Crippen LogP contribution in [0.25, 0.3) is 0 Å². The van der Waals surface area contributed by atoms with Crippen molar-refractivity contribution in [2.75, 3.05) is 6.54 Å². The highest BCUT2D eigenvalue weighted by molar-refractivity contribution is 7.09. The molecule has 3 nitrogen and oxygen atoms in total. The summed E-state index contributed by atoms with van der Waals surface area (Å²) >= 11 is 1.60. The van der Waals surface area contributed by atoms with Gasteiger partial charge in [0.1, 0.15) is 5.78 Å². The fraction of sp³-hybridized carbons (Fsp3) is 0.733. The van der Waals surface area contributed by atoms with Crippen LogP contribution < -0.4 is 5.73 Å². The molecule has 4 heteroatoms. The number of Topliss-reactive ketones (excluding diaryl/α,β-unsaturated/α-hetero) is 1. The van der Waals surface area contributed by atoms with E-state index in [1.807, 2.05) is 12.3 Å². The van der Waals surface area contributed by atoms with Gasteiger partial charge in [0.2, 0.25) is 0 Å². The first kappa shape index (κ1) is 16.3. The zero-order chi connectivity index (χ0) is 14.5. The lowest BCUT2D eigenvalue weighted by atomic mass is 9.76. The molecule has 0 radical (unpaired) electrons. The summed E-state index contributed by atoms with van der Waals surface area (Å²) in [4.78, 5) is 16.3. The van der Waals surface area contributed by atoms with Crippen molar-refractivity contribution in [2.45, 2.75) is 53.4 Å². The molecule has 0 bridgehead atoms. The molecule has 0 saturated heterocycles. The molecule has 0 aliphatic carbocycles. The second-order valence-corrected chi connectivity index (χ2v) is 7.31. The number of carbonyl (C=O) groups is 1. The van der Waals surface area contributed by atoms with Crippen molar-refractivity contribution in [3.05, 3.63) is 16.1 Å². The normalized spacial score (nSPS) is 13.5. The summed E-state index contributed by atoms with van der Waals surface area (Å²) in [6.45, 7) is 9.34. The molecule has 0 aromatic carbocycles. The van der Waals surface area contributed by atoms with E-state index >= 15 is 0 Å². The maximum Gasteiger partial charge on any atom is 0.138 e. The highest BCUT2D eigenvalue weighted by Gasteiger charge is 2.24. The van der Waals surface area contributed by atoms with Gasteiger partial charge >= 0.3 is 0 Å². The van der Waals surface area contributed by atoms with Crippen molar-refractivity contribution in [2.24, 2.45) is 17.1 Å². The minimum Gasteiger partial charge on any atom is -0.330 e. The molecule has 1 atom stereocenters. The van der Waals surface area contributed by atoms with Gasteiger partial charge in [0.25, 0.3) is 0 Å². The van der Waals surface area contributed by atoms with Crippen molar-refractivity contribution in [1.29, 1.82) is 0 Å². The summed E-state index contributed by atoms with van der Waals surface area (Å²) in [6.07, 6.45) is 3.04. The number of rotatable bonds is 7. The van der Waals surface area contributed by atoms with Gasteiger partial charge in [-0.05, 0) is 37.6 Å². The van der Waals surface area contributed by atoms with Gasteiger partial charge in [-0.25, -0.2) is 4.98 Å². The molecule has 0 amide bonds. The summed E-state index contributed by atoms with van der Waals surface area (Å²) in [5, 5.41) is 3.01. The Bertz CT molecular complexity index is 407. The average Bonchev–Trinajstić information content (AvgIpc) is 2.68. The second kappa shape index (κ2) is 7.15. The van der Waals surface area contributed by atoms with E-state index in [0.29, 0.717) is 25.3 Å². The van der Waals surface area contributed by atoms with E-state index in [1.165, 1.54) is 0 Å². The summed E-state index contributed by atoms with van der Waals surface area (Å²) in [5.41, 5.74) is 6.80. The van der Waals surface area contributed by atoms with Crippen molar-refractivity contribution in [1.82, 2.24) is 4.98 Å². The number of thiazole rings is 1. The van der Waals surface area contributed by atoms with E-state index in [0.717, 1.165) is 23.5 Å². The van der Waals surface area contributed by atoms with E-state index in [9.17, 15) is 4.79 Å². The molecule has 0 saturated carbocycles. The summed E-state index contributed by atoms with van der Waals surface area (Å²) in [6, 6.07) is 0. The van der Waals surface area contributed by atoms with Gasteiger partial charge < -0.3 is 5.73 Å². The lowest BCUT2D eigenvalue weighted by molar-refractivity contribution is -0.118. The molecule has 0 aliphatic heterocycles. The van der Waals surface area contributed by atoms with Gasteiger partial charge in [-0.2, -0.15) is 0 Å². The van der Waals surface area contributed by atoms with Crippen LogP contribution in [0.15, 0.2) is 5.38 Å². The number of aromatic nitrogens is 1.